The van der Waals surface area contributed by atoms with Crippen molar-refractivity contribution in [3.8, 4) is 0 Å². The first kappa shape index (κ1) is 13.5. The largest absolute Gasteiger partial charge is 0.299 e. The Balaban J connectivity index is 1.87. The molecular formula is C15H13N3O2S. The van der Waals surface area contributed by atoms with Gasteiger partial charge in [0, 0.05) is 0 Å². The highest BCUT2D eigenvalue weighted by Gasteiger charge is 2.33. The number of hydrazone groups is 1. The van der Waals surface area contributed by atoms with Gasteiger partial charge in [0.1, 0.15) is 6.34 Å². The average Bonchev–Trinajstić information content (AvgIpc) is 3.16. The van der Waals surface area contributed by atoms with Gasteiger partial charge in [0.25, 0.3) is 5.91 Å². The molecule has 0 saturated carbocycles. The zero-order valence-corrected chi connectivity index (χ0v) is 12.2. The maximum absolute atomic E-state index is 12.4. The fourth-order valence-corrected chi connectivity index (χ4v) is 2.77. The number of rotatable bonds is 3. The second kappa shape index (κ2) is 5.49. The fraction of sp³-hybridized carbons (Fsp3) is 0.133. The Bertz CT molecular complexity index is 679. The van der Waals surface area contributed by atoms with Crippen LogP contribution >= 0.6 is 11.3 Å². The predicted molar refractivity (Wildman–Crippen MR) is 82.5 cm³/mol. The Morgan fingerprint density at radius 2 is 2.05 bits per heavy atom. The van der Waals surface area contributed by atoms with Gasteiger partial charge in [-0.15, -0.1) is 11.3 Å². The molecule has 0 radical (unpaired) electrons. The number of thiophene rings is 1. The summed E-state index contributed by atoms with van der Waals surface area (Å²) in [4.78, 5) is 25.7. The molecule has 3 rings (SSSR count). The smallest absolute Gasteiger partial charge is 0.271 e. The molecule has 1 unspecified atom stereocenters. The number of hydrogen-bond acceptors (Lipinski definition) is 5. The van der Waals surface area contributed by atoms with Gasteiger partial charge in [0.2, 0.25) is 0 Å². The highest BCUT2D eigenvalue weighted by atomic mass is 32.1. The van der Waals surface area contributed by atoms with E-state index in [2.05, 4.69) is 5.10 Å². The van der Waals surface area contributed by atoms with E-state index >= 15 is 0 Å². The van der Waals surface area contributed by atoms with E-state index in [1.165, 1.54) is 27.6 Å². The first-order valence-electron chi connectivity index (χ1n) is 6.42. The van der Waals surface area contributed by atoms with Gasteiger partial charge in [0.15, 0.2) is 12.5 Å². The van der Waals surface area contributed by atoms with Crippen LogP contribution in [0.1, 0.15) is 15.2 Å². The van der Waals surface area contributed by atoms with E-state index in [0.29, 0.717) is 4.88 Å². The fourth-order valence-electron chi connectivity index (χ4n) is 2.11. The number of hydrogen-bond donors (Lipinski definition) is 0. The number of carbonyl (C=O) groups excluding carboxylic acids is 2. The van der Waals surface area contributed by atoms with Crippen molar-refractivity contribution in [3.63, 3.8) is 0 Å². The lowest BCUT2D eigenvalue weighted by Gasteiger charge is -2.24. The lowest BCUT2D eigenvalue weighted by atomic mass is 10.2. The minimum Gasteiger partial charge on any atom is -0.299 e. The molecule has 5 nitrogen and oxygen atoms in total. The Morgan fingerprint density at radius 3 is 2.67 bits per heavy atom. The topological polar surface area (TPSA) is 53.0 Å². The van der Waals surface area contributed by atoms with Gasteiger partial charge >= 0.3 is 0 Å². The molecule has 106 valence electrons. The molecular weight excluding hydrogens is 286 g/mol. The predicted octanol–water partition coefficient (Wildman–Crippen LogP) is 2.49. The molecule has 0 aliphatic carbocycles. The summed E-state index contributed by atoms with van der Waals surface area (Å²) in [5, 5.41) is 7.55. The number of nitrogens with zero attached hydrogens (tertiary/aromatic N) is 3. The van der Waals surface area contributed by atoms with Crippen LogP contribution in [0.25, 0.3) is 0 Å². The van der Waals surface area contributed by atoms with E-state index in [9.17, 15) is 9.59 Å². The van der Waals surface area contributed by atoms with Gasteiger partial charge in [0.05, 0.1) is 10.6 Å². The van der Waals surface area contributed by atoms with Crippen molar-refractivity contribution in [3.05, 3.63) is 52.2 Å². The monoisotopic (exact) mass is 299 g/mol. The lowest BCUT2D eigenvalue weighted by Crippen LogP contribution is -2.44. The number of benzene rings is 1. The molecule has 0 bridgehead atoms. The van der Waals surface area contributed by atoms with E-state index in [4.69, 9.17) is 0 Å². The summed E-state index contributed by atoms with van der Waals surface area (Å²) in [5.41, 5.74) is 1.89. The summed E-state index contributed by atoms with van der Waals surface area (Å²) in [7, 11) is 0. The van der Waals surface area contributed by atoms with Crippen LogP contribution in [-0.2, 0) is 4.79 Å². The summed E-state index contributed by atoms with van der Waals surface area (Å²) >= 11 is 1.34. The zero-order valence-electron chi connectivity index (χ0n) is 11.3. The Labute approximate surface area is 126 Å². The van der Waals surface area contributed by atoms with Crippen LogP contribution in [0, 0.1) is 6.92 Å². The van der Waals surface area contributed by atoms with Crippen LogP contribution < -0.4 is 5.01 Å². The zero-order chi connectivity index (χ0) is 14.8. The van der Waals surface area contributed by atoms with Gasteiger partial charge in [-0.1, -0.05) is 23.8 Å². The van der Waals surface area contributed by atoms with Crippen molar-refractivity contribution in [1.29, 1.82) is 0 Å². The van der Waals surface area contributed by atoms with Gasteiger partial charge in [-0.25, -0.2) is 5.01 Å². The molecule has 6 heteroatoms. The summed E-state index contributed by atoms with van der Waals surface area (Å²) in [6.45, 7) is 1.99. The quantitative estimate of drug-likeness (QED) is 0.818. The Hall–Kier alpha value is -2.47. The first-order valence-corrected chi connectivity index (χ1v) is 7.30. The maximum Gasteiger partial charge on any atom is 0.271 e. The molecule has 0 spiro atoms. The minimum atomic E-state index is -0.748. The van der Waals surface area contributed by atoms with Crippen molar-refractivity contribution in [2.75, 3.05) is 5.01 Å². The van der Waals surface area contributed by atoms with Crippen molar-refractivity contribution >= 4 is 35.6 Å². The molecule has 0 fully saturated rings. The summed E-state index contributed by atoms with van der Waals surface area (Å²) < 4.78 is 0. The normalized spacial score (nSPS) is 17.3. The third-order valence-corrected chi connectivity index (χ3v) is 4.08. The van der Waals surface area contributed by atoms with Gasteiger partial charge in [-0.05, 0) is 30.5 Å². The third kappa shape index (κ3) is 2.45. The SMILES string of the molecule is Cc1ccc(N2N=CN(C(=O)c3cccs3)C2C=O)cc1. The van der Waals surface area contributed by atoms with Crippen molar-refractivity contribution in [1.82, 2.24) is 4.90 Å². The molecule has 1 aromatic heterocycles. The summed E-state index contributed by atoms with van der Waals surface area (Å²) in [6, 6.07) is 11.2. The molecule has 2 heterocycles. The Morgan fingerprint density at radius 1 is 1.29 bits per heavy atom. The molecule has 1 aromatic carbocycles. The van der Waals surface area contributed by atoms with Crippen molar-refractivity contribution in [2.24, 2.45) is 5.10 Å². The lowest BCUT2D eigenvalue weighted by molar-refractivity contribution is -0.110. The molecule has 1 atom stereocenters. The molecule has 0 saturated heterocycles. The maximum atomic E-state index is 12.4. The van der Waals surface area contributed by atoms with E-state index in [-0.39, 0.29) is 5.91 Å². The minimum absolute atomic E-state index is 0.222. The molecule has 2 aromatic rings. The van der Waals surface area contributed by atoms with E-state index in [1.54, 1.807) is 12.1 Å². The van der Waals surface area contributed by atoms with Crippen molar-refractivity contribution in [2.45, 2.75) is 13.1 Å². The van der Waals surface area contributed by atoms with Crippen LogP contribution in [0.2, 0.25) is 0 Å². The van der Waals surface area contributed by atoms with E-state index in [0.717, 1.165) is 17.5 Å². The van der Waals surface area contributed by atoms with E-state index in [1.807, 2.05) is 36.6 Å². The Kier molecular flexibility index (Phi) is 3.53. The number of amides is 1. The molecule has 1 aliphatic rings. The van der Waals surface area contributed by atoms with Crippen LogP contribution in [0.4, 0.5) is 5.69 Å². The number of carbonyl (C=O) groups is 2. The molecule has 1 amide bonds. The molecule has 0 N–H and O–H groups in total. The third-order valence-electron chi connectivity index (χ3n) is 3.22. The number of aryl methyl sites for hydroxylation is 1. The van der Waals surface area contributed by atoms with Crippen LogP contribution in [-0.4, -0.2) is 29.6 Å². The van der Waals surface area contributed by atoms with Crippen LogP contribution in [0.5, 0.6) is 0 Å². The van der Waals surface area contributed by atoms with Crippen LogP contribution in [0.15, 0.2) is 46.9 Å². The second-order valence-electron chi connectivity index (χ2n) is 4.65. The summed E-state index contributed by atoms with van der Waals surface area (Å²) in [5.74, 6) is -0.222. The van der Waals surface area contributed by atoms with Crippen molar-refractivity contribution < 1.29 is 9.59 Å². The van der Waals surface area contributed by atoms with Gasteiger partial charge in [-0.3, -0.25) is 14.5 Å². The second-order valence-corrected chi connectivity index (χ2v) is 5.60. The first-order chi connectivity index (χ1) is 10.2. The number of anilines is 1. The van der Waals surface area contributed by atoms with Gasteiger partial charge in [-0.2, -0.15) is 5.10 Å². The summed E-state index contributed by atoms with van der Waals surface area (Å²) in [6.07, 6.45) is 1.38. The standard InChI is InChI=1S/C15H13N3O2S/c1-11-4-6-12(7-5-11)18-14(9-19)17(10-16-18)15(20)13-3-2-8-21-13/h2-10,14H,1H3. The molecule has 21 heavy (non-hydrogen) atoms. The number of aldehydes is 1. The highest BCUT2D eigenvalue weighted by molar-refractivity contribution is 7.12. The average molecular weight is 299 g/mol. The van der Waals surface area contributed by atoms with Gasteiger partial charge < -0.3 is 0 Å². The molecule has 1 aliphatic heterocycles. The highest BCUT2D eigenvalue weighted by Crippen LogP contribution is 2.24. The van der Waals surface area contributed by atoms with Crippen LogP contribution in [0.3, 0.4) is 0 Å². The van der Waals surface area contributed by atoms with E-state index < -0.39 is 6.17 Å².